The molecule has 0 atom stereocenters. The summed E-state index contributed by atoms with van der Waals surface area (Å²) in [5.74, 6) is -2.38. The summed E-state index contributed by atoms with van der Waals surface area (Å²) in [5, 5.41) is 15.5. The van der Waals surface area contributed by atoms with Crippen molar-refractivity contribution in [1.82, 2.24) is 15.0 Å². The Morgan fingerprint density at radius 3 is 2.82 bits per heavy atom. The fraction of sp³-hybridized carbons (Fsp3) is 0.100. The van der Waals surface area contributed by atoms with Crippen molar-refractivity contribution in [2.45, 2.75) is 6.54 Å². The summed E-state index contributed by atoms with van der Waals surface area (Å²) in [6.45, 7) is -0.0795. The largest absolute Gasteiger partial charge is 0.476 e. The van der Waals surface area contributed by atoms with Crippen molar-refractivity contribution in [2.75, 3.05) is 0 Å². The monoisotopic (exact) mass is 239 g/mol. The first-order valence-corrected chi connectivity index (χ1v) is 4.63. The van der Waals surface area contributed by atoms with Gasteiger partial charge in [-0.3, -0.25) is 0 Å². The molecule has 1 aromatic carbocycles. The number of carboxylic acid groups (broad SMARTS) is 1. The van der Waals surface area contributed by atoms with E-state index in [4.69, 9.17) is 5.11 Å². The predicted octanol–water partition coefficient (Wildman–Crippen LogP) is 1.30. The molecule has 0 spiro atoms. The molecule has 5 nitrogen and oxygen atoms in total. The van der Waals surface area contributed by atoms with Crippen LogP contribution in [0.5, 0.6) is 0 Å². The fourth-order valence-corrected chi connectivity index (χ4v) is 1.31. The highest BCUT2D eigenvalue weighted by molar-refractivity contribution is 5.84. The summed E-state index contributed by atoms with van der Waals surface area (Å²) in [6, 6.07) is 3.03. The zero-order chi connectivity index (χ0) is 12.4. The zero-order valence-corrected chi connectivity index (χ0v) is 8.47. The van der Waals surface area contributed by atoms with Crippen LogP contribution in [0.2, 0.25) is 0 Å². The molecule has 1 N–H and O–H groups in total. The van der Waals surface area contributed by atoms with Gasteiger partial charge in [-0.15, -0.1) is 5.10 Å². The summed E-state index contributed by atoms with van der Waals surface area (Å²) in [7, 11) is 0. The van der Waals surface area contributed by atoms with E-state index in [1.54, 1.807) is 0 Å². The van der Waals surface area contributed by atoms with Crippen LogP contribution in [0, 0.1) is 11.6 Å². The number of halogens is 2. The molecule has 17 heavy (non-hydrogen) atoms. The van der Waals surface area contributed by atoms with Gasteiger partial charge in [0.1, 0.15) is 11.6 Å². The Morgan fingerprint density at radius 1 is 1.41 bits per heavy atom. The predicted molar refractivity (Wildman–Crippen MR) is 52.4 cm³/mol. The van der Waals surface area contributed by atoms with E-state index in [0.29, 0.717) is 0 Å². The fourth-order valence-electron chi connectivity index (χ4n) is 1.31. The average Bonchev–Trinajstić information content (AvgIpc) is 2.72. The van der Waals surface area contributed by atoms with Crippen molar-refractivity contribution in [2.24, 2.45) is 0 Å². The summed E-state index contributed by atoms with van der Waals surface area (Å²) in [4.78, 5) is 10.5. The lowest BCUT2D eigenvalue weighted by atomic mass is 10.2. The number of rotatable bonds is 3. The maximum absolute atomic E-state index is 13.3. The van der Waals surface area contributed by atoms with Crippen LogP contribution in [0.25, 0.3) is 0 Å². The third kappa shape index (κ3) is 2.44. The molecule has 0 aliphatic carbocycles. The van der Waals surface area contributed by atoms with Crippen molar-refractivity contribution in [3.63, 3.8) is 0 Å². The lowest BCUT2D eigenvalue weighted by Crippen LogP contribution is -2.03. The summed E-state index contributed by atoms with van der Waals surface area (Å²) in [5.41, 5.74) is -0.173. The maximum atomic E-state index is 13.3. The third-order valence-corrected chi connectivity index (χ3v) is 2.10. The minimum Gasteiger partial charge on any atom is -0.476 e. The van der Waals surface area contributed by atoms with Crippen LogP contribution >= 0.6 is 0 Å². The highest BCUT2D eigenvalue weighted by Crippen LogP contribution is 2.11. The molecule has 0 aliphatic rings. The van der Waals surface area contributed by atoms with Crippen molar-refractivity contribution >= 4 is 5.97 Å². The van der Waals surface area contributed by atoms with Gasteiger partial charge in [0.25, 0.3) is 0 Å². The van der Waals surface area contributed by atoms with E-state index in [-0.39, 0.29) is 17.8 Å². The highest BCUT2D eigenvalue weighted by atomic mass is 19.1. The van der Waals surface area contributed by atoms with Crippen LogP contribution in [-0.2, 0) is 6.54 Å². The zero-order valence-electron chi connectivity index (χ0n) is 8.47. The normalized spacial score (nSPS) is 10.5. The molecule has 0 fully saturated rings. The van der Waals surface area contributed by atoms with Gasteiger partial charge in [-0.25, -0.2) is 18.3 Å². The van der Waals surface area contributed by atoms with Gasteiger partial charge < -0.3 is 5.11 Å². The van der Waals surface area contributed by atoms with Crippen LogP contribution < -0.4 is 0 Å². The first-order valence-electron chi connectivity index (χ1n) is 4.63. The first-order chi connectivity index (χ1) is 8.06. The van der Waals surface area contributed by atoms with Gasteiger partial charge in [0.15, 0.2) is 5.69 Å². The van der Waals surface area contributed by atoms with Crippen LogP contribution in [0.4, 0.5) is 8.78 Å². The van der Waals surface area contributed by atoms with E-state index in [9.17, 15) is 13.6 Å². The molecule has 1 heterocycles. The number of benzene rings is 1. The van der Waals surface area contributed by atoms with E-state index in [2.05, 4.69) is 10.3 Å². The third-order valence-electron chi connectivity index (χ3n) is 2.10. The number of aromatic carboxylic acids is 1. The van der Waals surface area contributed by atoms with Gasteiger partial charge in [0.05, 0.1) is 12.7 Å². The van der Waals surface area contributed by atoms with Crippen LogP contribution in [0.3, 0.4) is 0 Å². The quantitative estimate of drug-likeness (QED) is 0.876. The first kappa shape index (κ1) is 11.2. The molecule has 88 valence electrons. The molecule has 7 heteroatoms. The Kier molecular flexibility index (Phi) is 2.82. The molecular formula is C10H7F2N3O2. The molecule has 1 aromatic heterocycles. The minimum atomic E-state index is -1.23. The second-order valence-corrected chi connectivity index (χ2v) is 3.34. The van der Waals surface area contributed by atoms with Gasteiger partial charge >= 0.3 is 5.97 Å². The standard InChI is InChI=1S/C10H7F2N3O2/c11-7-1-2-8(12)6(3-7)4-15-5-9(10(16)17)13-14-15/h1-3,5H,4H2,(H,16,17). The van der Waals surface area contributed by atoms with Crippen molar-refractivity contribution < 1.29 is 18.7 Å². The lowest BCUT2D eigenvalue weighted by Gasteiger charge is -2.02. The number of hydrogen-bond acceptors (Lipinski definition) is 3. The van der Waals surface area contributed by atoms with Crippen LogP contribution in [0.15, 0.2) is 24.4 Å². The molecule has 0 saturated heterocycles. The molecule has 2 aromatic rings. The van der Waals surface area contributed by atoms with Gasteiger partial charge in [-0.05, 0) is 18.2 Å². The second-order valence-electron chi connectivity index (χ2n) is 3.34. The summed E-state index contributed by atoms with van der Waals surface area (Å²) >= 11 is 0. The SMILES string of the molecule is O=C(O)c1cn(Cc2cc(F)ccc2F)nn1. The molecule has 2 rings (SSSR count). The average molecular weight is 239 g/mol. The number of carbonyl (C=O) groups is 1. The van der Waals surface area contributed by atoms with Gasteiger partial charge in [0.2, 0.25) is 0 Å². The summed E-state index contributed by atoms with van der Waals surface area (Å²) in [6.07, 6.45) is 1.15. The molecule has 0 amide bonds. The van der Waals surface area contributed by atoms with E-state index in [0.717, 1.165) is 29.1 Å². The molecule has 0 radical (unpaired) electrons. The summed E-state index contributed by atoms with van der Waals surface area (Å²) < 4.78 is 27.3. The smallest absolute Gasteiger partial charge is 0.358 e. The molecule has 0 aliphatic heterocycles. The number of nitrogens with zero attached hydrogens (tertiary/aromatic N) is 3. The van der Waals surface area contributed by atoms with Gasteiger partial charge in [-0.2, -0.15) is 0 Å². The van der Waals surface area contributed by atoms with E-state index in [1.165, 1.54) is 0 Å². The Labute approximate surface area is 94.3 Å². The topological polar surface area (TPSA) is 68.0 Å². The van der Waals surface area contributed by atoms with Crippen molar-refractivity contribution in [3.8, 4) is 0 Å². The van der Waals surface area contributed by atoms with E-state index < -0.39 is 17.6 Å². The second kappa shape index (κ2) is 4.28. The molecule has 0 unspecified atom stereocenters. The Hall–Kier alpha value is -2.31. The highest BCUT2D eigenvalue weighted by Gasteiger charge is 2.10. The number of aromatic nitrogens is 3. The van der Waals surface area contributed by atoms with Crippen molar-refractivity contribution in [3.05, 3.63) is 47.3 Å². The van der Waals surface area contributed by atoms with E-state index >= 15 is 0 Å². The van der Waals surface area contributed by atoms with Crippen molar-refractivity contribution in [1.29, 1.82) is 0 Å². The molecule has 0 bridgehead atoms. The Balaban J connectivity index is 2.25. The van der Waals surface area contributed by atoms with Gasteiger partial charge in [-0.1, -0.05) is 5.21 Å². The van der Waals surface area contributed by atoms with Crippen LogP contribution in [0.1, 0.15) is 16.1 Å². The number of hydrogen-bond donors (Lipinski definition) is 1. The molecule has 0 saturated carbocycles. The minimum absolute atomic E-state index is 0.0758. The van der Waals surface area contributed by atoms with E-state index in [1.807, 2.05) is 0 Å². The Bertz CT molecular complexity index is 568. The van der Waals surface area contributed by atoms with Crippen LogP contribution in [-0.4, -0.2) is 26.1 Å². The number of carboxylic acids is 1. The lowest BCUT2D eigenvalue weighted by molar-refractivity contribution is 0.0690. The maximum Gasteiger partial charge on any atom is 0.358 e. The Morgan fingerprint density at radius 2 is 2.18 bits per heavy atom. The van der Waals surface area contributed by atoms with Gasteiger partial charge in [0, 0.05) is 5.56 Å². The molecular weight excluding hydrogens is 232 g/mol.